The van der Waals surface area contributed by atoms with Crippen LogP contribution in [0.15, 0.2) is 59.4 Å². The summed E-state index contributed by atoms with van der Waals surface area (Å²) in [4.78, 5) is 76.1. The highest BCUT2D eigenvalue weighted by molar-refractivity contribution is 5.93. The SMILES string of the molecule is CCc1cnc(C2Oc3cc(-c4cnc([C@@H]5CCCN5C(=O)[C@@H](NC(=O)OC)C(C)C)[nH]4)cc(F)c3-c3cc4cc(-c5cnc([C@@H]6CCCN6C(=O)[C@@H](NC(=O)OC)C(C)C)[nH]5)ccc4n32)o1. The zero-order valence-electron chi connectivity index (χ0n) is 38.5. The molecule has 2 saturated heterocycles. The molecule has 0 bridgehead atoms. The van der Waals surface area contributed by atoms with Gasteiger partial charge in [0.25, 0.3) is 12.1 Å². The van der Waals surface area contributed by atoms with Gasteiger partial charge in [0.2, 0.25) is 11.8 Å². The van der Waals surface area contributed by atoms with Crippen LogP contribution in [-0.4, -0.2) is 103 Å². The van der Waals surface area contributed by atoms with Crippen LogP contribution in [0.4, 0.5) is 14.0 Å². The van der Waals surface area contributed by atoms with E-state index in [-0.39, 0.29) is 47.0 Å². The lowest BCUT2D eigenvalue weighted by atomic mass is 10.0. The maximum Gasteiger partial charge on any atom is 0.407 e. The molecule has 4 N–H and O–H groups in total. The summed E-state index contributed by atoms with van der Waals surface area (Å²) >= 11 is 0. The average molecular weight is 919 g/mol. The lowest BCUT2D eigenvalue weighted by Crippen LogP contribution is -2.51. The number of H-pyrrole nitrogens is 2. The van der Waals surface area contributed by atoms with Gasteiger partial charge in [-0.05, 0) is 67.9 Å². The van der Waals surface area contributed by atoms with Crippen LogP contribution in [0.3, 0.4) is 0 Å². The molecule has 1 unspecified atom stereocenters. The number of oxazole rings is 1. The minimum absolute atomic E-state index is 0.161. The molecule has 19 heteroatoms. The summed E-state index contributed by atoms with van der Waals surface area (Å²) in [6.07, 6.45) is 6.33. The van der Waals surface area contributed by atoms with Gasteiger partial charge in [0.05, 0.1) is 73.1 Å². The van der Waals surface area contributed by atoms with E-state index < -0.39 is 36.3 Å². The van der Waals surface area contributed by atoms with E-state index in [1.807, 2.05) is 63.5 Å². The molecular formula is C48H55FN10O8. The number of nitrogens with zero attached hydrogens (tertiary/aromatic N) is 6. The fourth-order valence-corrected chi connectivity index (χ4v) is 9.55. The lowest BCUT2D eigenvalue weighted by molar-refractivity contribution is -0.136. The summed E-state index contributed by atoms with van der Waals surface area (Å²) in [6.45, 7) is 10.5. The Labute approximate surface area is 386 Å². The van der Waals surface area contributed by atoms with Crippen molar-refractivity contribution >= 4 is 34.9 Å². The molecule has 67 heavy (non-hydrogen) atoms. The number of nitrogens with one attached hydrogen (secondary N) is 4. The molecule has 0 spiro atoms. The number of carbonyl (C=O) groups is 4. The van der Waals surface area contributed by atoms with Gasteiger partial charge in [-0.2, -0.15) is 0 Å². The number of aromatic nitrogens is 6. The van der Waals surface area contributed by atoms with Crippen LogP contribution in [-0.2, 0) is 25.5 Å². The smallest absolute Gasteiger partial charge is 0.407 e. The summed E-state index contributed by atoms with van der Waals surface area (Å²) in [5, 5.41) is 6.17. The number of hydrogen-bond donors (Lipinski definition) is 4. The summed E-state index contributed by atoms with van der Waals surface area (Å²) in [7, 11) is 2.53. The molecule has 3 aliphatic heterocycles. The van der Waals surface area contributed by atoms with Gasteiger partial charge in [-0.15, -0.1) is 0 Å². The average Bonchev–Trinajstić information content (AvgIpc) is 4.18. The van der Waals surface area contributed by atoms with Gasteiger partial charge in [-0.1, -0.05) is 40.7 Å². The Morgan fingerprint density at radius 1 is 0.791 bits per heavy atom. The molecule has 4 amide bonds. The Morgan fingerprint density at radius 2 is 1.37 bits per heavy atom. The highest BCUT2D eigenvalue weighted by Gasteiger charge is 2.40. The van der Waals surface area contributed by atoms with E-state index in [1.54, 1.807) is 34.5 Å². The van der Waals surface area contributed by atoms with Gasteiger partial charge >= 0.3 is 12.2 Å². The molecule has 4 aromatic heterocycles. The van der Waals surface area contributed by atoms with E-state index >= 15 is 4.39 Å². The molecule has 5 atom stereocenters. The first-order chi connectivity index (χ1) is 32.3. The van der Waals surface area contributed by atoms with Gasteiger partial charge in [-0.3, -0.25) is 14.2 Å². The van der Waals surface area contributed by atoms with Crippen LogP contribution in [0.25, 0.3) is 44.7 Å². The monoisotopic (exact) mass is 918 g/mol. The van der Waals surface area contributed by atoms with Gasteiger partial charge in [0.15, 0.2) is 0 Å². The molecular weight excluding hydrogens is 864 g/mol. The van der Waals surface area contributed by atoms with Crippen LogP contribution in [0, 0.1) is 17.7 Å². The second kappa shape index (κ2) is 18.2. The number of rotatable bonds is 12. The van der Waals surface area contributed by atoms with Crippen LogP contribution in [0.2, 0.25) is 0 Å². The molecule has 0 radical (unpaired) electrons. The Bertz CT molecular complexity index is 2840. The molecule has 7 heterocycles. The molecule has 0 saturated carbocycles. The van der Waals surface area contributed by atoms with Crippen LogP contribution >= 0.6 is 0 Å². The molecule has 6 aromatic rings. The number of likely N-dealkylation sites (tertiary alicyclic amines) is 2. The van der Waals surface area contributed by atoms with Crippen molar-refractivity contribution in [3.8, 4) is 39.5 Å². The minimum atomic E-state index is -0.878. The van der Waals surface area contributed by atoms with E-state index in [4.69, 9.17) is 23.6 Å². The number of halogens is 1. The molecule has 352 valence electrons. The summed E-state index contributed by atoms with van der Waals surface area (Å²) in [5.74, 6) is 1.16. The maximum atomic E-state index is 16.8. The number of carbonyl (C=O) groups excluding carboxylic acids is 4. The molecule has 3 aliphatic rings. The molecule has 2 fully saturated rings. The van der Waals surface area contributed by atoms with Crippen molar-refractivity contribution in [2.45, 2.75) is 97.1 Å². The zero-order chi connectivity index (χ0) is 47.3. The van der Waals surface area contributed by atoms with Crippen LogP contribution in [0.1, 0.15) is 102 Å². The second-order valence-electron chi connectivity index (χ2n) is 18.0. The first kappa shape index (κ1) is 45.0. The third-order valence-corrected chi connectivity index (χ3v) is 13.1. The standard InChI is InChI=1S/C48H55FN10O8/c1-8-29-21-52-43(66-29)46-59-33-14-13-26(31-22-50-41(53-31)34-11-9-15-57(34)44(60)39(24(2)3)55-47(62)64-6)17-28(33)19-36(59)38-30(49)18-27(20-37(38)67-46)32-23-51-42(54-32)35-12-10-16-58(35)45(61)40(25(4)5)56-48(63)65-7/h13-14,17-25,34-35,39-40,46H,8-12,15-16H2,1-7H3,(H,50,53)(H,51,54)(H,55,62)(H,56,63)/t34-,35-,39-,40-,46?/m0/s1. The lowest BCUT2D eigenvalue weighted by Gasteiger charge is -2.30. The molecule has 18 nitrogen and oxygen atoms in total. The topological polar surface area (TPSA) is 215 Å². The number of aryl methyl sites for hydroxylation is 1. The van der Waals surface area contributed by atoms with Crippen molar-refractivity contribution in [1.29, 1.82) is 0 Å². The van der Waals surface area contributed by atoms with E-state index in [9.17, 15) is 19.2 Å². The second-order valence-corrected chi connectivity index (χ2v) is 18.0. The number of benzene rings is 2. The first-order valence-electron chi connectivity index (χ1n) is 22.8. The summed E-state index contributed by atoms with van der Waals surface area (Å²) < 4.78 is 41.1. The summed E-state index contributed by atoms with van der Waals surface area (Å²) in [5.41, 5.74) is 4.17. The minimum Gasteiger partial charge on any atom is -0.460 e. The maximum absolute atomic E-state index is 16.8. The highest BCUT2D eigenvalue weighted by Crippen LogP contribution is 2.47. The normalized spacial score (nSPS) is 18.7. The molecule has 2 aromatic carbocycles. The van der Waals surface area contributed by atoms with Gasteiger partial charge < -0.3 is 49.0 Å². The van der Waals surface area contributed by atoms with Crippen molar-refractivity contribution in [3.05, 3.63) is 84.1 Å². The fourth-order valence-electron chi connectivity index (χ4n) is 9.55. The molecule has 9 rings (SSSR count). The van der Waals surface area contributed by atoms with E-state index in [2.05, 4.69) is 30.6 Å². The number of ether oxygens (including phenoxy) is 3. The van der Waals surface area contributed by atoms with Gasteiger partial charge in [0, 0.05) is 36.0 Å². The third kappa shape index (κ3) is 8.35. The Balaban J connectivity index is 1.03. The van der Waals surface area contributed by atoms with E-state index in [0.717, 1.165) is 35.0 Å². The van der Waals surface area contributed by atoms with Gasteiger partial charge in [-0.25, -0.2) is 28.9 Å². The number of hydrogen-bond acceptors (Lipinski definition) is 11. The Morgan fingerprint density at radius 3 is 1.91 bits per heavy atom. The van der Waals surface area contributed by atoms with Crippen molar-refractivity contribution in [2.24, 2.45) is 11.8 Å². The number of aromatic amines is 2. The zero-order valence-corrected chi connectivity index (χ0v) is 38.5. The van der Waals surface area contributed by atoms with Crippen LogP contribution < -0.4 is 15.4 Å². The quantitative estimate of drug-likeness (QED) is 0.0929. The van der Waals surface area contributed by atoms with E-state index in [0.29, 0.717) is 72.6 Å². The van der Waals surface area contributed by atoms with Crippen molar-refractivity contribution in [2.75, 3.05) is 27.3 Å². The summed E-state index contributed by atoms with van der Waals surface area (Å²) in [6, 6.07) is 8.81. The predicted octanol–water partition coefficient (Wildman–Crippen LogP) is 7.81. The van der Waals surface area contributed by atoms with Crippen LogP contribution in [0.5, 0.6) is 5.75 Å². The number of imidazole rings is 2. The third-order valence-electron chi connectivity index (χ3n) is 13.1. The van der Waals surface area contributed by atoms with E-state index in [1.165, 1.54) is 20.3 Å². The Kier molecular flexibility index (Phi) is 12.3. The van der Waals surface area contributed by atoms with Gasteiger partial charge in [0.1, 0.15) is 41.1 Å². The van der Waals surface area contributed by atoms with Crippen molar-refractivity contribution < 1.29 is 42.2 Å². The van der Waals surface area contributed by atoms with Crippen molar-refractivity contribution in [1.82, 2.24) is 49.9 Å². The largest absolute Gasteiger partial charge is 0.460 e. The fraction of sp³-hybridized carbons (Fsp3) is 0.438. The number of alkyl carbamates (subject to hydrolysis) is 2. The molecule has 0 aliphatic carbocycles. The number of fused-ring (bicyclic) bond motifs is 5. The van der Waals surface area contributed by atoms with Crippen molar-refractivity contribution in [3.63, 3.8) is 0 Å². The number of amides is 4. The predicted molar refractivity (Wildman–Crippen MR) is 243 cm³/mol. The Hall–Kier alpha value is -7.18. The number of methoxy groups -OCH3 is 2. The highest BCUT2D eigenvalue weighted by atomic mass is 19.1. The first-order valence-corrected chi connectivity index (χ1v) is 22.8.